The molecule has 0 N–H and O–H groups in total. The predicted molar refractivity (Wildman–Crippen MR) is 99.8 cm³/mol. The van der Waals surface area contributed by atoms with Gasteiger partial charge in [0.1, 0.15) is 11.5 Å². The van der Waals surface area contributed by atoms with E-state index in [4.69, 9.17) is 9.47 Å². The molecule has 2 aromatic rings. The number of carbonyl (C=O) groups is 1. The van der Waals surface area contributed by atoms with Crippen LogP contribution in [0.4, 0.5) is 0 Å². The number of rotatable bonds is 7. The van der Waals surface area contributed by atoms with Gasteiger partial charge >= 0.3 is 5.97 Å². The van der Waals surface area contributed by atoms with E-state index in [2.05, 4.69) is 41.9 Å². The fourth-order valence-electron chi connectivity index (χ4n) is 2.25. The molecule has 4 heteroatoms. The molecule has 128 valence electrons. The Morgan fingerprint density at radius 2 is 1.96 bits per heavy atom. The summed E-state index contributed by atoms with van der Waals surface area (Å²) in [6.07, 6.45) is 0.943. The largest absolute Gasteiger partial charge is 0.492 e. The Balaban J connectivity index is 1.75. The summed E-state index contributed by atoms with van der Waals surface area (Å²) in [5.41, 5.74) is 2.33. The molecular weight excluding hydrogens is 368 g/mol. The minimum atomic E-state index is -0.238. The van der Waals surface area contributed by atoms with Gasteiger partial charge in [-0.2, -0.15) is 0 Å². The molecule has 24 heavy (non-hydrogen) atoms. The zero-order valence-corrected chi connectivity index (χ0v) is 15.9. The second-order valence-corrected chi connectivity index (χ2v) is 6.94. The maximum Gasteiger partial charge on any atom is 0.311 e. The van der Waals surface area contributed by atoms with Crippen molar-refractivity contribution >= 4 is 21.9 Å². The molecule has 0 atom stereocenters. The molecule has 0 aliphatic carbocycles. The van der Waals surface area contributed by atoms with Crippen molar-refractivity contribution in [1.29, 1.82) is 0 Å². The van der Waals surface area contributed by atoms with Crippen LogP contribution in [0, 0.1) is 6.92 Å². The summed E-state index contributed by atoms with van der Waals surface area (Å²) in [6, 6.07) is 13.6. The lowest BCUT2D eigenvalue weighted by Crippen LogP contribution is -2.10. The Hall–Kier alpha value is -1.81. The number of hydrogen-bond acceptors (Lipinski definition) is 3. The average molecular weight is 391 g/mol. The molecule has 0 aromatic heterocycles. The number of ether oxygens (including phenoxy) is 2. The normalized spacial score (nSPS) is 10.7. The van der Waals surface area contributed by atoms with Crippen LogP contribution in [0.15, 0.2) is 46.9 Å². The third-order valence-electron chi connectivity index (χ3n) is 3.63. The summed E-state index contributed by atoms with van der Waals surface area (Å²) < 4.78 is 12.0. The Labute approximate surface area is 152 Å². The molecule has 0 unspecified atom stereocenters. The Morgan fingerprint density at radius 1 is 1.17 bits per heavy atom. The van der Waals surface area contributed by atoms with Crippen LogP contribution < -0.4 is 9.47 Å². The molecular formula is C20H23BrO3. The number of aryl methyl sites for hydroxylation is 1. The van der Waals surface area contributed by atoms with E-state index < -0.39 is 0 Å². The van der Waals surface area contributed by atoms with Gasteiger partial charge in [-0.15, -0.1) is 0 Å². The first kappa shape index (κ1) is 18.5. The van der Waals surface area contributed by atoms with Crippen LogP contribution in [0.3, 0.4) is 0 Å². The molecule has 0 amide bonds. The number of esters is 1. The second kappa shape index (κ2) is 8.88. The molecule has 2 aromatic carbocycles. The Morgan fingerprint density at radius 3 is 2.62 bits per heavy atom. The minimum Gasteiger partial charge on any atom is -0.492 e. The summed E-state index contributed by atoms with van der Waals surface area (Å²) in [7, 11) is 0. The van der Waals surface area contributed by atoms with E-state index in [9.17, 15) is 4.79 Å². The first-order valence-corrected chi connectivity index (χ1v) is 8.94. The van der Waals surface area contributed by atoms with Gasteiger partial charge in [0.05, 0.1) is 11.1 Å². The van der Waals surface area contributed by atoms with Crippen LogP contribution in [0.1, 0.15) is 43.7 Å². The van der Waals surface area contributed by atoms with E-state index in [0.717, 1.165) is 15.8 Å². The van der Waals surface area contributed by atoms with Crippen LogP contribution in [-0.2, 0) is 4.79 Å². The van der Waals surface area contributed by atoms with E-state index in [0.29, 0.717) is 31.1 Å². The molecule has 0 bridgehead atoms. The lowest BCUT2D eigenvalue weighted by Gasteiger charge is -2.11. The van der Waals surface area contributed by atoms with Crippen LogP contribution in [-0.4, -0.2) is 12.6 Å². The monoisotopic (exact) mass is 390 g/mol. The van der Waals surface area contributed by atoms with Crippen LogP contribution in [0.5, 0.6) is 11.5 Å². The van der Waals surface area contributed by atoms with Gasteiger partial charge in [0.25, 0.3) is 0 Å². The summed E-state index contributed by atoms with van der Waals surface area (Å²) in [5.74, 6) is 1.63. The summed E-state index contributed by atoms with van der Waals surface area (Å²) in [6.45, 7) is 6.75. The molecule has 0 aliphatic rings. The number of carbonyl (C=O) groups excluding carboxylic acids is 1. The highest BCUT2D eigenvalue weighted by atomic mass is 79.9. The highest BCUT2D eigenvalue weighted by molar-refractivity contribution is 9.10. The van der Waals surface area contributed by atoms with Crippen LogP contribution in [0.25, 0.3) is 0 Å². The molecule has 2 rings (SSSR count). The first-order valence-electron chi connectivity index (χ1n) is 8.15. The second-order valence-electron chi connectivity index (χ2n) is 6.09. The Bertz CT molecular complexity index is 695. The van der Waals surface area contributed by atoms with Gasteiger partial charge < -0.3 is 9.47 Å². The minimum absolute atomic E-state index is 0.238. The van der Waals surface area contributed by atoms with Crippen molar-refractivity contribution in [2.24, 2.45) is 0 Å². The van der Waals surface area contributed by atoms with E-state index in [-0.39, 0.29) is 5.97 Å². The molecule has 0 fully saturated rings. The quantitative estimate of drug-likeness (QED) is 0.348. The smallest absolute Gasteiger partial charge is 0.311 e. The molecule has 0 saturated heterocycles. The third-order valence-corrected chi connectivity index (χ3v) is 4.25. The van der Waals surface area contributed by atoms with Gasteiger partial charge in [-0.1, -0.05) is 32.0 Å². The number of hydrogen-bond donors (Lipinski definition) is 0. The summed E-state index contributed by atoms with van der Waals surface area (Å²) >= 11 is 3.53. The van der Waals surface area contributed by atoms with Crippen LogP contribution in [0.2, 0.25) is 0 Å². The van der Waals surface area contributed by atoms with Crippen molar-refractivity contribution in [2.75, 3.05) is 6.61 Å². The highest BCUT2D eigenvalue weighted by Gasteiger charge is 2.08. The van der Waals surface area contributed by atoms with Gasteiger partial charge in [-0.05, 0) is 70.6 Å². The maximum atomic E-state index is 11.8. The van der Waals surface area contributed by atoms with Crippen molar-refractivity contribution < 1.29 is 14.3 Å². The summed E-state index contributed by atoms with van der Waals surface area (Å²) in [4.78, 5) is 11.8. The molecule has 3 nitrogen and oxygen atoms in total. The number of benzene rings is 2. The fourth-order valence-corrected chi connectivity index (χ4v) is 2.76. The topological polar surface area (TPSA) is 35.5 Å². The van der Waals surface area contributed by atoms with E-state index in [1.807, 2.05) is 31.2 Å². The van der Waals surface area contributed by atoms with Gasteiger partial charge in [0.15, 0.2) is 0 Å². The van der Waals surface area contributed by atoms with Gasteiger partial charge in [-0.3, -0.25) is 4.79 Å². The van der Waals surface area contributed by atoms with Crippen molar-refractivity contribution in [3.05, 3.63) is 58.1 Å². The van der Waals surface area contributed by atoms with Crippen molar-refractivity contribution in [2.45, 2.75) is 39.5 Å². The van der Waals surface area contributed by atoms with Gasteiger partial charge in [-0.25, -0.2) is 0 Å². The Kier molecular flexibility index (Phi) is 6.85. The van der Waals surface area contributed by atoms with Crippen LogP contribution >= 0.6 is 15.9 Å². The molecule has 0 saturated carbocycles. The van der Waals surface area contributed by atoms with Gasteiger partial charge in [0.2, 0.25) is 0 Å². The van der Waals surface area contributed by atoms with Crippen molar-refractivity contribution in [3.8, 4) is 11.5 Å². The third kappa shape index (κ3) is 5.68. The zero-order valence-electron chi connectivity index (χ0n) is 14.3. The fraction of sp³-hybridized carbons (Fsp3) is 0.350. The maximum absolute atomic E-state index is 11.8. The molecule has 0 heterocycles. The molecule has 0 aliphatic heterocycles. The average Bonchev–Trinajstić information content (AvgIpc) is 2.52. The standard InChI is InChI=1S/C20H23BrO3/c1-14(2)16-9-10-19(18(21)13-16)23-11-5-8-20(22)24-17-7-4-6-15(3)12-17/h4,6-7,9-10,12-14H,5,8,11H2,1-3H3. The van der Waals surface area contributed by atoms with E-state index in [1.54, 1.807) is 6.07 Å². The van der Waals surface area contributed by atoms with Crippen molar-refractivity contribution in [3.63, 3.8) is 0 Å². The lowest BCUT2D eigenvalue weighted by molar-refractivity contribution is -0.134. The van der Waals surface area contributed by atoms with Gasteiger partial charge in [0, 0.05) is 6.42 Å². The molecule has 0 spiro atoms. The zero-order chi connectivity index (χ0) is 17.5. The van der Waals surface area contributed by atoms with E-state index in [1.165, 1.54) is 5.56 Å². The predicted octanol–water partition coefficient (Wildman–Crippen LogP) is 5.65. The number of halogens is 1. The highest BCUT2D eigenvalue weighted by Crippen LogP contribution is 2.29. The summed E-state index contributed by atoms with van der Waals surface area (Å²) in [5, 5.41) is 0. The SMILES string of the molecule is Cc1cccc(OC(=O)CCCOc2ccc(C(C)C)cc2Br)c1. The first-order chi connectivity index (χ1) is 11.5. The van der Waals surface area contributed by atoms with E-state index >= 15 is 0 Å². The lowest BCUT2D eigenvalue weighted by atomic mass is 10.0. The van der Waals surface area contributed by atoms with Crippen molar-refractivity contribution in [1.82, 2.24) is 0 Å². The molecule has 0 radical (unpaired) electrons.